The normalized spacial score (nSPS) is 17.1. The summed E-state index contributed by atoms with van der Waals surface area (Å²) >= 11 is 3.60. The van der Waals surface area contributed by atoms with E-state index < -0.39 is 0 Å². The number of benzene rings is 1. The van der Waals surface area contributed by atoms with Crippen LogP contribution in [0.3, 0.4) is 0 Å². The van der Waals surface area contributed by atoms with E-state index in [4.69, 9.17) is 9.47 Å². The fraction of sp³-hybridized carbons (Fsp3) is 0.647. The standard InChI is InChI=1S/C17H26BrNO2/c1-17(2,3)15-10-14(11-16(18)12-15)13-21-9-6-19-4-7-20-8-5-19/h10-12H,4-9,13H2,1-3H3. The van der Waals surface area contributed by atoms with E-state index in [1.807, 2.05) is 0 Å². The fourth-order valence-corrected chi connectivity index (χ4v) is 2.92. The first-order valence-corrected chi connectivity index (χ1v) is 8.42. The van der Waals surface area contributed by atoms with Gasteiger partial charge in [0, 0.05) is 24.1 Å². The molecule has 0 N–H and O–H groups in total. The zero-order valence-electron chi connectivity index (χ0n) is 13.3. The van der Waals surface area contributed by atoms with Crippen molar-refractivity contribution in [2.24, 2.45) is 0 Å². The predicted molar refractivity (Wildman–Crippen MR) is 89.8 cm³/mol. The van der Waals surface area contributed by atoms with Gasteiger partial charge in [-0.2, -0.15) is 0 Å². The number of halogens is 1. The first kappa shape index (κ1) is 16.9. The van der Waals surface area contributed by atoms with Gasteiger partial charge >= 0.3 is 0 Å². The summed E-state index contributed by atoms with van der Waals surface area (Å²) in [6.45, 7) is 12.9. The number of ether oxygens (including phenoxy) is 2. The minimum atomic E-state index is 0.159. The maximum Gasteiger partial charge on any atom is 0.0718 e. The summed E-state index contributed by atoms with van der Waals surface area (Å²) in [5, 5.41) is 0. The average Bonchev–Trinajstić information content (AvgIpc) is 2.43. The highest BCUT2D eigenvalue weighted by molar-refractivity contribution is 9.10. The van der Waals surface area contributed by atoms with E-state index in [0.29, 0.717) is 6.61 Å². The topological polar surface area (TPSA) is 21.7 Å². The van der Waals surface area contributed by atoms with Gasteiger partial charge in [0.1, 0.15) is 0 Å². The lowest BCUT2D eigenvalue weighted by Gasteiger charge is -2.26. The van der Waals surface area contributed by atoms with E-state index in [2.05, 4.69) is 59.8 Å². The van der Waals surface area contributed by atoms with Crippen LogP contribution in [0.25, 0.3) is 0 Å². The first-order chi connectivity index (χ1) is 9.95. The Hall–Kier alpha value is -0.420. The number of hydrogen-bond donors (Lipinski definition) is 0. The van der Waals surface area contributed by atoms with Gasteiger partial charge in [0.15, 0.2) is 0 Å². The van der Waals surface area contributed by atoms with Crippen LogP contribution < -0.4 is 0 Å². The van der Waals surface area contributed by atoms with E-state index in [0.717, 1.165) is 43.9 Å². The van der Waals surface area contributed by atoms with Crippen molar-refractivity contribution in [3.8, 4) is 0 Å². The molecule has 4 heteroatoms. The molecule has 2 rings (SSSR count). The molecule has 1 aromatic carbocycles. The molecule has 0 saturated carbocycles. The van der Waals surface area contributed by atoms with Crippen molar-refractivity contribution in [1.82, 2.24) is 4.90 Å². The minimum Gasteiger partial charge on any atom is -0.379 e. The summed E-state index contributed by atoms with van der Waals surface area (Å²) < 4.78 is 12.3. The van der Waals surface area contributed by atoms with Crippen LogP contribution in [0.2, 0.25) is 0 Å². The molecule has 0 spiro atoms. The summed E-state index contributed by atoms with van der Waals surface area (Å²) in [6, 6.07) is 6.58. The molecule has 0 atom stereocenters. The van der Waals surface area contributed by atoms with Gasteiger partial charge in [-0.05, 0) is 28.7 Å². The highest BCUT2D eigenvalue weighted by Gasteiger charge is 2.15. The Labute approximate surface area is 136 Å². The largest absolute Gasteiger partial charge is 0.379 e. The molecule has 1 saturated heterocycles. The molecule has 1 fully saturated rings. The molecule has 0 amide bonds. The highest BCUT2D eigenvalue weighted by Crippen LogP contribution is 2.27. The van der Waals surface area contributed by atoms with Crippen LogP contribution in [0.15, 0.2) is 22.7 Å². The Balaban J connectivity index is 1.81. The molecule has 0 unspecified atom stereocenters. The van der Waals surface area contributed by atoms with E-state index in [9.17, 15) is 0 Å². The van der Waals surface area contributed by atoms with Crippen molar-refractivity contribution >= 4 is 15.9 Å². The molecule has 0 aromatic heterocycles. The van der Waals surface area contributed by atoms with Gasteiger partial charge in [-0.15, -0.1) is 0 Å². The Kier molecular flexibility index (Phi) is 6.23. The molecule has 1 aliphatic heterocycles. The number of rotatable bonds is 5. The van der Waals surface area contributed by atoms with Gasteiger partial charge in [0.2, 0.25) is 0 Å². The summed E-state index contributed by atoms with van der Waals surface area (Å²) in [4.78, 5) is 2.39. The third-order valence-electron chi connectivity index (χ3n) is 3.75. The molecule has 1 heterocycles. The third-order valence-corrected chi connectivity index (χ3v) is 4.21. The minimum absolute atomic E-state index is 0.159. The van der Waals surface area contributed by atoms with Gasteiger partial charge < -0.3 is 9.47 Å². The van der Waals surface area contributed by atoms with Crippen LogP contribution in [0.5, 0.6) is 0 Å². The van der Waals surface area contributed by atoms with Crippen molar-refractivity contribution in [1.29, 1.82) is 0 Å². The average molecular weight is 356 g/mol. The van der Waals surface area contributed by atoms with Crippen molar-refractivity contribution in [3.63, 3.8) is 0 Å². The number of morpholine rings is 1. The first-order valence-electron chi connectivity index (χ1n) is 7.63. The third kappa shape index (κ3) is 5.70. The number of hydrogen-bond acceptors (Lipinski definition) is 3. The molecule has 0 radical (unpaired) electrons. The monoisotopic (exact) mass is 355 g/mol. The summed E-state index contributed by atoms with van der Waals surface area (Å²) in [5.41, 5.74) is 2.73. The molecule has 21 heavy (non-hydrogen) atoms. The Morgan fingerprint density at radius 3 is 2.57 bits per heavy atom. The quantitative estimate of drug-likeness (QED) is 0.753. The van der Waals surface area contributed by atoms with E-state index in [1.165, 1.54) is 11.1 Å². The summed E-state index contributed by atoms with van der Waals surface area (Å²) in [6.07, 6.45) is 0. The van der Waals surface area contributed by atoms with E-state index in [-0.39, 0.29) is 5.41 Å². The fourth-order valence-electron chi connectivity index (χ4n) is 2.38. The highest BCUT2D eigenvalue weighted by atomic mass is 79.9. The van der Waals surface area contributed by atoms with Crippen LogP contribution in [0, 0.1) is 0 Å². The maximum atomic E-state index is 5.84. The second-order valence-electron chi connectivity index (χ2n) is 6.60. The molecule has 1 aromatic rings. The molecule has 3 nitrogen and oxygen atoms in total. The summed E-state index contributed by atoms with van der Waals surface area (Å²) in [7, 11) is 0. The Morgan fingerprint density at radius 2 is 1.90 bits per heavy atom. The molecular formula is C17H26BrNO2. The number of nitrogens with zero attached hydrogens (tertiary/aromatic N) is 1. The SMILES string of the molecule is CC(C)(C)c1cc(Br)cc(COCCN2CCOCC2)c1. The lowest BCUT2D eigenvalue weighted by Crippen LogP contribution is -2.38. The van der Waals surface area contributed by atoms with Gasteiger partial charge in [-0.3, -0.25) is 4.90 Å². The molecule has 1 aliphatic rings. The maximum absolute atomic E-state index is 5.84. The molecule has 0 aliphatic carbocycles. The van der Waals surface area contributed by atoms with Gasteiger partial charge in [0.05, 0.1) is 26.4 Å². The van der Waals surface area contributed by atoms with Crippen molar-refractivity contribution in [2.45, 2.75) is 32.8 Å². The van der Waals surface area contributed by atoms with E-state index in [1.54, 1.807) is 0 Å². The van der Waals surface area contributed by atoms with Gasteiger partial charge in [0.25, 0.3) is 0 Å². The second kappa shape index (κ2) is 7.73. The smallest absolute Gasteiger partial charge is 0.0718 e. The second-order valence-corrected chi connectivity index (χ2v) is 7.52. The van der Waals surface area contributed by atoms with Gasteiger partial charge in [-0.1, -0.05) is 42.8 Å². The Morgan fingerprint density at radius 1 is 1.19 bits per heavy atom. The van der Waals surface area contributed by atoms with Crippen LogP contribution >= 0.6 is 15.9 Å². The zero-order valence-corrected chi connectivity index (χ0v) is 14.9. The van der Waals surface area contributed by atoms with Crippen molar-refractivity contribution < 1.29 is 9.47 Å². The Bertz CT molecular complexity index is 451. The van der Waals surface area contributed by atoms with Gasteiger partial charge in [-0.25, -0.2) is 0 Å². The lowest BCUT2D eigenvalue weighted by atomic mass is 9.86. The van der Waals surface area contributed by atoms with Crippen molar-refractivity contribution in [3.05, 3.63) is 33.8 Å². The van der Waals surface area contributed by atoms with Crippen LogP contribution in [-0.2, 0) is 21.5 Å². The van der Waals surface area contributed by atoms with Crippen LogP contribution in [0.1, 0.15) is 31.9 Å². The van der Waals surface area contributed by atoms with E-state index >= 15 is 0 Å². The lowest BCUT2D eigenvalue weighted by molar-refractivity contribution is 0.0180. The van der Waals surface area contributed by atoms with Crippen LogP contribution in [0.4, 0.5) is 0 Å². The molecule has 0 bridgehead atoms. The predicted octanol–water partition coefficient (Wildman–Crippen LogP) is 3.60. The zero-order chi connectivity index (χ0) is 15.3. The van der Waals surface area contributed by atoms with Crippen molar-refractivity contribution in [2.75, 3.05) is 39.5 Å². The summed E-state index contributed by atoms with van der Waals surface area (Å²) in [5.74, 6) is 0. The molecule has 118 valence electrons. The molecular weight excluding hydrogens is 330 g/mol. The van der Waals surface area contributed by atoms with Crippen LogP contribution in [-0.4, -0.2) is 44.4 Å².